The van der Waals surface area contributed by atoms with Crippen LogP contribution >= 0.6 is 0 Å². The molecule has 2 aliphatic heterocycles. The van der Waals surface area contributed by atoms with Gasteiger partial charge in [-0.15, -0.1) is 0 Å². The highest BCUT2D eigenvalue weighted by atomic mass is 16.5. The Balaban J connectivity index is 1.84. The fourth-order valence-electron chi connectivity index (χ4n) is 3.50. The molecule has 0 amide bonds. The van der Waals surface area contributed by atoms with Crippen LogP contribution in [-0.2, 0) is 4.74 Å². The van der Waals surface area contributed by atoms with Crippen molar-refractivity contribution in [3.05, 3.63) is 0 Å². The van der Waals surface area contributed by atoms with E-state index < -0.39 is 0 Å². The molecule has 2 heterocycles. The molecule has 3 nitrogen and oxygen atoms in total. The monoisotopic (exact) mass is 268 g/mol. The third-order valence-electron chi connectivity index (χ3n) is 4.54. The number of hydrogen-bond acceptors (Lipinski definition) is 3. The zero-order chi connectivity index (χ0) is 13.7. The Morgan fingerprint density at radius 3 is 2.89 bits per heavy atom. The predicted octanol–water partition coefficient (Wildman–Crippen LogP) is 2.37. The van der Waals surface area contributed by atoms with Gasteiger partial charge in [-0.25, -0.2) is 0 Å². The van der Waals surface area contributed by atoms with Gasteiger partial charge >= 0.3 is 0 Å². The van der Waals surface area contributed by atoms with Gasteiger partial charge in [0.2, 0.25) is 0 Å². The van der Waals surface area contributed by atoms with Gasteiger partial charge in [0.15, 0.2) is 0 Å². The van der Waals surface area contributed by atoms with E-state index in [1.807, 2.05) is 0 Å². The summed E-state index contributed by atoms with van der Waals surface area (Å²) < 4.78 is 5.72. The zero-order valence-corrected chi connectivity index (χ0v) is 13.1. The van der Waals surface area contributed by atoms with E-state index in [1.165, 1.54) is 38.9 Å². The summed E-state index contributed by atoms with van der Waals surface area (Å²) in [5.41, 5.74) is 0.367. The van der Waals surface area contributed by atoms with Crippen molar-refractivity contribution in [1.29, 1.82) is 0 Å². The van der Waals surface area contributed by atoms with E-state index in [0.29, 0.717) is 5.41 Å². The standard InChI is InChI=1S/C16H32N2O/c1-14(2)9-17-11-16(6-8-19-13-16)12-18-7-4-5-15(3)10-18/h14-15,17H,4-13H2,1-3H3. The molecule has 2 fully saturated rings. The molecule has 112 valence electrons. The Kier molecular flexibility index (Phi) is 5.67. The Morgan fingerprint density at radius 1 is 1.42 bits per heavy atom. The Morgan fingerprint density at radius 2 is 2.26 bits per heavy atom. The molecule has 2 rings (SSSR count). The van der Waals surface area contributed by atoms with Crippen LogP contribution < -0.4 is 5.32 Å². The van der Waals surface area contributed by atoms with E-state index in [-0.39, 0.29) is 0 Å². The van der Waals surface area contributed by atoms with Gasteiger partial charge in [-0.2, -0.15) is 0 Å². The maximum absolute atomic E-state index is 5.72. The van der Waals surface area contributed by atoms with Crippen molar-refractivity contribution in [1.82, 2.24) is 10.2 Å². The molecule has 2 atom stereocenters. The first kappa shape index (κ1) is 15.3. The van der Waals surface area contributed by atoms with Crippen molar-refractivity contribution in [3.63, 3.8) is 0 Å². The molecule has 0 aromatic heterocycles. The van der Waals surface area contributed by atoms with Crippen LogP contribution in [0, 0.1) is 17.3 Å². The average Bonchev–Trinajstić information content (AvgIpc) is 2.77. The molecular formula is C16H32N2O. The second kappa shape index (κ2) is 7.05. The predicted molar refractivity (Wildman–Crippen MR) is 80.4 cm³/mol. The van der Waals surface area contributed by atoms with E-state index in [2.05, 4.69) is 31.0 Å². The number of likely N-dealkylation sites (tertiary alicyclic amines) is 1. The number of piperidine rings is 1. The number of ether oxygens (including phenoxy) is 1. The lowest BCUT2D eigenvalue weighted by Gasteiger charge is -2.38. The first-order valence-electron chi connectivity index (χ1n) is 8.10. The first-order valence-corrected chi connectivity index (χ1v) is 8.10. The highest BCUT2D eigenvalue weighted by Gasteiger charge is 2.37. The normalized spacial score (nSPS) is 33.2. The van der Waals surface area contributed by atoms with E-state index in [4.69, 9.17) is 4.74 Å². The molecule has 0 radical (unpaired) electrons. The molecule has 0 aliphatic carbocycles. The zero-order valence-electron chi connectivity index (χ0n) is 13.1. The minimum absolute atomic E-state index is 0.367. The molecule has 1 N–H and O–H groups in total. The van der Waals surface area contributed by atoms with Crippen LogP contribution in [0.2, 0.25) is 0 Å². The largest absolute Gasteiger partial charge is 0.381 e. The minimum Gasteiger partial charge on any atom is -0.381 e. The molecule has 0 aromatic carbocycles. The first-order chi connectivity index (χ1) is 9.10. The summed E-state index contributed by atoms with van der Waals surface area (Å²) in [6.45, 7) is 14.9. The topological polar surface area (TPSA) is 24.5 Å². The lowest BCUT2D eigenvalue weighted by molar-refractivity contribution is 0.0850. The van der Waals surface area contributed by atoms with Gasteiger partial charge in [0.25, 0.3) is 0 Å². The molecular weight excluding hydrogens is 236 g/mol. The molecule has 0 bridgehead atoms. The van der Waals surface area contributed by atoms with Crippen molar-refractivity contribution in [2.75, 3.05) is 45.9 Å². The number of rotatable bonds is 6. The smallest absolute Gasteiger partial charge is 0.0547 e. The Labute approximate surface area is 119 Å². The average molecular weight is 268 g/mol. The molecule has 3 heteroatoms. The minimum atomic E-state index is 0.367. The Bertz CT molecular complexity index is 261. The van der Waals surface area contributed by atoms with Gasteiger partial charge in [0.1, 0.15) is 0 Å². The summed E-state index contributed by atoms with van der Waals surface area (Å²) in [4.78, 5) is 2.68. The van der Waals surface area contributed by atoms with Crippen LogP contribution in [0.4, 0.5) is 0 Å². The van der Waals surface area contributed by atoms with Gasteiger partial charge < -0.3 is 15.0 Å². The highest BCUT2D eigenvalue weighted by Crippen LogP contribution is 2.30. The third-order valence-corrected chi connectivity index (χ3v) is 4.54. The summed E-state index contributed by atoms with van der Waals surface area (Å²) in [6, 6.07) is 0. The van der Waals surface area contributed by atoms with E-state index >= 15 is 0 Å². The van der Waals surface area contributed by atoms with Crippen molar-refractivity contribution >= 4 is 0 Å². The molecule has 2 unspecified atom stereocenters. The summed E-state index contributed by atoms with van der Waals surface area (Å²) in [5.74, 6) is 1.60. The van der Waals surface area contributed by atoms with Crippen LogP contribution in [0.15, 0.2) is 0 Å². The quantitative estimate of drug-likeness (QED) is 0.800. The molecule has 2 saturated heterocycles. The van der Waals surface area contributed by atoms with Crippen molar-refractivity contribution in [2.45, 2.75) is 40.0 Å². The van der Waals surface area contributed by atoms with Crippen molar-refractivity contribution in [2.24, 2.45) is 17.3 Å². The maximum Gasteiger partial charge on any atom is 0.0547 e. The van der Waals surface area contributed by atoms with Gasteiger partial charge in [-0.1, -0.05) is 20.8 Å². The van der Waals surface area contributed by atoms with E-state index in [0.717, 1.165) is 38.1 Å². The fourth-order valence-corrected chi connectivity index (χ4v) is 3.50. The van der Waals surface area contributed by atoms with Crippen LogP contribution in [0.3, 0.4) is 0 Å². The van der Waals surface area contributed by atoms with Crippen LogP contribution in [0.1, 0.15) is 40.0 Å². The van der Waals surface area contributed by atoms with E-state index in [1.54, 1.807) is 0 Å². The molecule has 19 heavy (non-hydrogen) atoms. The number of hydrogen-bond donors (Lipinski definition) is 1. The van der Waals surface area contributed by atoms with E-state index in [9.17, 15) is 0 Å². The lowest BCUT2D eigenvalue weighted by atomic mass is 9.85. The summed E-state index contributed by atoms with van der Waals surface area (Å²) in [6.07, 6.45) is 4.01. The summed E-state index contributed by atoms with van der Waals surface area (Å²) in [7, 11) is 0. The van der Waals surface area contributed by atoms with Gasteiger partial charge in [-0.3, -0.25) is 0 Å². The Hall–Kier alpha value is -0.120. The third kappa shape index (κ3) is 4.73. The molecule has 2 aliphatic rings. The lowest BCUT2D eigenvalue weighted by Crippen LogP contribution is -2.47. The second-order valence-electron chi connectivity index (χ2n) is 7.31. The maximum atomic E-state index is 5.72. The van der Waals surface area contributed by atoms with Gasteiger partial charge in [0, 0.05) is 31.7 Å². The molecule has 0 saturated carbocycles. The molecule has 0 spiro atoms. The van der Waals surface area contributed by atoms with Gasteiger partial charge in [-0.05, 0) is 44.2 Å². The number of nitrogens with zero attached hydrogens (tertiary/aromatic N) is 1. The number of nitrogens with one attached hydrogen (secondary N) is 1. The van der Waals surface area contributed by atoms with Crippen molar-refractivity contribution in [3.8, 4) is 0 Å². The highest BCUT2D eigenvalue weighted by molar-refractivity contribution is 4.89. The van der Waals surface area contributed by atoms with Gasteiger partial charge in [0.05, 0.1) is 6.61 Å². The SMILES string of the molecule is CC(C)CNCC1(CN2CCCC(C)C2)CCOC1. The van der Waals surface area contributed by atoms with Crippen LogP contribution in [0.5, 0.6) is 0 Å². The van der Waals surface area contributed by atoms with Crippen LogP contribution in [-0.4, -0.2) is 50.8 Å². The molecule has 0 aromatic rings. The summed E-state index contributed by atoms with van der Waals surface area (Å²) >= 11 is 0. The van der Waals surface area contributed by atoms with Crippen LogP contribution in [0.25, 0.3) is 0 Å². The van der Waals surface area contributed by atoms with Crippen molar-refractivity contribution < 1.29 is 4.74 Å². The summed E-state index contributed by atoms with van der Waals surface area (Å²) in [5, 5.41) is 3.66. The fraction of sp³-hybridized carbons (Fsp3) is 1.00. The second-order valence-corrected chi connectivity index (χ2v) is 7.31.